The van der Waals surface area contributed by atoms with Gasteiger partial charge in [0.2, 0.25) is 5.91 Å². The van der Waals surface area contributed by atoms with Gasteiger partial charge in [-0.05, 0) is 55.9 Å². The topological polar surface area (TPSA) is 55.6 Å². The van der Waals surface area contributed by atoms with E-state index in [-0.39, 0.29) is 5.91 Å². The van der Waals surface area contributed by atoms with Gasteiger partial charge in [0.25, 0.3) is 0 Å². The Bertz CT molecular complexity index is 486. The molecule has 2 aliphatic rings. The molecule has 0 radical (unpaired) electrons. The van der Waals surface area contributed by atoms with Crippen LogP contribution < -0.4 is 10.5 Å². The molecule has 0 bridgehead atoms. The SMILES string of the molecule is Nc1ccc(OCCC(=O)N2CCCC3CCCC32)cc1. The van der Waals surface area contributed by atoms with Gasteiger partial charge in [0.1, 0.15) is 5.75 Å². The fraction of sp³-hybridized carbons (Fsp3) is 0.588. The van der Waals surface area contributed by atoms with Gasteiger partial charge in [-0.25, -0.2) is 0 Å². The number of nitrogens with two attached hydrogens (primary N) is 1. The zero-order chi connectivity index (χ0) is 14.7. The maximum atomic E-state index is 12.4. The molecule has 2 fully saturated rings. The van der Waals surface area contributed by atoms with E-state index >= 15 is 0 Å². The molecular formula is C17H24N2O2. The zero-order valence-corrected chi connectivity index (χ0v) is 12.5. The molecule has 1 aromatic carbocycles. The fourth-order valence-electron chi connectivity index (χ4n) is 3.73. The van der Waals surface area contributed by atoms with Crippen molar-refractivity contribution in [1.29, 1.82) is 0 Å². The van der Waals surface area contributed by atoms with Gasteiger partial charge in [0, 0.05) is 18.3 Å². The van der Waals surface area contributed by atoms with Crippen molar-refractivity contribution < 1.29 is 9.53 Å². The van der Waals surface area contributed by atoms with Crippen LogP contribution in [0.1, 0.15) is 38.5 Å². The fourth-order valence-corrected chi connectivity index (χ4v) is 3.73. The predicted octanol–water partition coefficient (Wildman–Crippen LogP) is 2.83. The minimum Gasteiger partial charge on any atom is -0.493 e. The summed E-state index contributed by atoms with van der Waals surface area (Å²) in [6.07, 6.45) is 6.70. The Morgan fingerprint density at radius 3 is 2.76 bits per heavy atom. The summed E-state index contributed by atoms with van der Waals surface area (Å²) in [6.45, 7) is 1.37. The van der Waals surface area contributed by atoms with Gasteiger partial charge < -0.3 is 15.4 Å². The molecule has 1 aliphatic carbocycles. The lowest BCUT2D eigenvalue weighted by Gasteiger charge is -2.37. The van der Waals surface area contributed by atoms with E-state index in [1.54, 1.807) is 0 Å². The smallest absolute Gasteiger partial charge is 0.226 e. The van der Waals surface area contributed by atoms with Crippen LogP contribution >= 0.6 is 0 Å². The molecule has 0 spiro atoms. The van der Waals surface area contributed by atoms with E-state index in [1.165, 1.54) is 25.7 Å². The summed E-state index contributed by atoms with van der Waals surface area (Å²) in [5.41, 5.74) is 6.36. The van der Waals surface area contributed by atoms with Crippen molar-refractivity contribution in [3.63, 3.8) is 0 Å². The number of rotatable bonds is 4. The highest BCUT2D eigenvalue weighted by molar-refractivity contribution is 5.76. The molecule has 1 heterocycles. The van der Waals surface area contributed by atoms with E-state index in [1.807, 2.05) is 24.3 Å². The van der Waals surface area contributed by atoms with Crippen LogP contribution in [0.15, 0.2) is 24.3 Å². The highest BCUT2D eigenvalue weighted by atomic mass is 16.5. The van der Waals surface area contributed by atoms with E-state index < -0.39 is 0 Å². The van der Waals surface area contributed by atoms with Crippen LogP contribution in [0.4, 0.5) is 5.69 Å². The zero-order valence-electron chi connectivity index (χ0n) is 12.5. The number of benzene rings is 1. The third kappa shape index (κ3) is 3.31. The molecule has 1 saturated carbocycles. The summed E-state index contributed by atoms with van der Waals surface area (Å²) in [4.78, 5) is 14.5. The Morgan fingerprint density at radius 2 is 1.95 bits per heavy atom. The molecule has 4 nitrogen and oxygen atoms in total. The third-order valence-electron chi connectivity index (χ3n) is 4.78. The second-order valence-corrected chi connectivity index (χ2v) is 6.16. The average Bonchev–Trinajstić information content (AvgIpc) is 2.97. The predicted molar refractivity (Wildman–Crippen MR) is 83.0 cm³/mol. The number of nitrogens with zero attached hydrogens (tertiary/aromatic N) is 1. The van der Waals surface area contributed by atoms with E-state index in [4.69, 9.17) is 10.5 Å². The highest BCUT2D eigenvalue weighted by Gasteiger charge is 2.36. The van der Waals surface area contributed by atoms with Crippen molar-refractivity contribution >= 4 is 11.6 Å². The Balaban J connectivity index is 1.48. The molecule has 0 aromatic heterocycles. The van der Waals surface area contributed by atoms with Crippen LogP contribution in [0.25, 0.3) is 0 Å². The number of anilines is 1. The van der Waals surface area contributed by atoms with E-state index in [2.05, 4.69) is 4.90 Å². The maximum Gasteiger partial charge on any atom is 0.226 e. The highest BCUT2D eigenvalue weighted by Crippen LogP contribution is 2.36. The van der Waals surface area contributed by atoms with Gasteiger partial charge in [-0.15, -0.1) is 0 Å². The lowest BCUT2D eigenvalue weighted by Crippen LogP contribution is -2.46. The Labute approximate surface area is 126 Å². The molecule has 114 valence electrons. The van der Waals surface area contributed by atoms with Crippen LogP contribution in [-0.4, -0.2) is 30.0 Å². The molecular weight excluding hydrogens is 264 g/mol. The number of piperidine rings is 1. The first-order valence-electron chi connectivity index (χ1n) is 8.02. The number of hydrogen-bond donors (Lipinski definition) is 1. The lowest BCUT2D eigenvalue weighted by atomic mass is 9.92. The molecule has 1 aliphatic heterocycles. The Morgan fingerprint density at radius 1 is 1.19 bits per heavy atom. The number of fused-ring (bicyclic) bond motifs is 1. The molecule has 1 amide bonds. The molecule has 4 heteroatoms. The summed E-state index contributed by atoms with van der Waals surface area (Å²) in [5.74, 6) is 1.78. The van der Waals surface area contributed by atoms with E-state index in [0.717, 1.165) is 30.3 Å². The van der Waals surface area contributed by atoms with Crippen LogP contribution in [0.3, 0.4) is 0 Å². The molecule has 2 unspecified atom stereocenters. The number of carbonyl (C=O) groups excluding carboxylic acids is 1. The standard InChI is InChI=1S/C17H24N2O2/c18-14-6-8-15(9-7-14)21-12-10-17(20)19-11-2-4-13-3-1-5-16(13)19/h6-9,13,16H,1-5,10-12,18H2. The lowest BCUT2D eigenvalue weighted by molar-refractivity contribution is -0.136. The molecule has 2 atom stereocenters. The molecule has 3 rings (SSSR count). The first kappa shape index (κ1) is 14.2. The van der Waals surface area contributed by atoms with E-state index in [0.29, 0.717) is 19.1 Å². The molecule has 21 heavy (non-hydrogen) atoms. The van der Waals surface area contributed by atoms with Crippen LogP contribution in [0, 0.1) is 5.92 Å². The summed E-state index contributed by atoms with van der Waals surface area (Å²) >= 11 is 0. The number of ether oxygens (including phenoxy) is 1. The van der Waals surface area contributed by atoms with Crippen molar-refractivity contribution in [1.82, 2.24) is 4.90 Å². The molecule has 1 saturated heterocycles. The van der Waals surface area contributed by atoms with Gasteiger partial charge in [-0.2, -0.15) is 0 Å². The van der Waals surface area contributed by atoms with Crippen molar-refractivity contribution in [3.05, 3.63) is 24.3 Å². The van der Waals surface area contributed by atoms with Gasteiger partial charge in [-0.3, -0.25) is 4.79 Å². The van der Waals surface area contributed by atoms with Gasteiger partial charge in [0.05, 0.1) is 13.0 Å². The normalized spacial score (nSPS) is 24.7. The largest absolute Gasteiger partial charge is 0.493 e. The van der Waals surface area contributed by atoms with Crippen molar-refractivity contribution in [2.75, 3.05) is 18.9 Å². The van der Waals surface area contributed by atoms with Crippen molar-refractivity contribution in [2.24, 2.45) is 5.92 Å². The number of likely N-dealkylation sites (tertiary alicyclic amines) is 1. The van der Waals surface area contributed by atoms with Gasteiger partial charge >= 0.3 is 0 Å². The summed E-state index contributed by atoms with van der Waals surface area (Å²) < 4.78 is 5.63. The molecule has 1 aromatic rings. The Kier molecular flexibility index (Phi) is 4.32. The summed E-state index contributed by atoms with van der Waals surface area (Å²) in [5, 5.41) is 0. The van der Waals surface area contributed by atoms with Crippen molar-refractivity contribution in [3.8, 4) is 5.75 Å². The second kappa shape index (κ2) is 6.37. The average molecular weight is 288 g/mol. The van der Waals surface area contributed by atoms with Crippen LogP contribution in [0.2, 0.25) is 0 Å². The van der Waals surface area contributed by atoms with Crippen molar-refractivity contribution in [2.45, 2.75) is 44.6 Å². The molecule has 2 N–H and O–H groups in total. The second-order valence-electron chi connectivity index (χ2n) is 6.16. The first-order valence-corrected chi connectivity index (χ1v) is 8.02. The Hall–Kier alpha value is -1.71. The third-order valence-corrected chi connectivity index (χ3v) is 4.78. The van der Waals surface area contributed by atoms with Gasteiger partial charge in [-0.1, -0.05) is 6.42 Å². The van der Waals surface area contributed by atoms with Crippen LogP contribution in [0.5, 0.6) is 5.75 Å². The monoisotopic (exact) mass is 288 g/mol. The minimum absolute atomic E-state index is 0.252. The number of hydrogen-bond acceptors (Lipinski definition) is 3. The number of amides is 1. The quantitative estimate of drug-likeness (QED) is 0.867. The summed E-state index contributed by atoms with van der Waals surface area (Å²) in [6, 6.07) is 7.81. The number of carbonyl (C=O) groups is 1. The van der Waals surface area contributed by atoms with E-state index in [9.17, 15) is 4.79 Å². The van der Waals surface area contributed by atoms with Crippen LogP contribution in [-0.2, 0) is 4.79 Å². The maximum absolute atomic E-state index is 12.4. The number of nitrogen functional groups attached to an aromatic ring is 1. The van der Waals surface area contributed by atoms with Gasteiger partial charge in [0.15, 0.2) is 0 Å². The minimum atomic E-state index is 0.252. The summed E-state index contributed by atoms with van der Waals surface area (Å²) in [7, 11) is 0. The first-order chi connectivity index (χ1) is 10.2.